The van der Waals surface area contributed by atoms with Crippen LogP contribution >= 0.6 is 0 Å². The SMILES string of the molecule is O=C(COc1ccccc1F)N/N=C/c1ccc(-c2cccc([N+](=O)[O-])c2)o1. The monoisotopic (exact) mass is 383 g/mol. The van der Waals surface area contributed by atoms with Crippen molar-refractivity contribution < 1.29 is 23.3 Å². The van der Waals surface area contributed by atoms with E-state index >= 15 is 0 Å². The van der Waals surface area contributed by atoms with Gasteiger partial charge in [0.2, 0.25) is 0 Å². The van der Waals surface area contributed by atoms with Gasteiger partial charge in [-0.25, -0.2) is 9.82 Å². The Bertz CT molecular complexity index is 1030. The third-order valence-corrected chi connectivity index (χ3v) is 3.54. The Morgan fingerprint density at radius 2 is 2.04 bits per heavy atom. The van der Waals surface area contributed by atoms with Crippen LogP contribution in [0.1, 0.15) is 5.76 Å². The van der Waals surface area contributed by atoms with Crippen molar-refractivity contribution in [3.05, 3.63) is 82.4 Å². The lowest BCUT2D eigenvalue weighted by atomic mass is 10.1. The number of nitrogens with zero attached hydrogens (tertiary/aromatic N) is 2. The maximum absolute atomic E-state index is 13.4. The standard InChI is InChI=1S/C19H14FN3O5/c20-16-6-1-2-7-18(16)27-12-19(24)22-21-11-15-8-9-17(28-15)13-4-3-5-14(10-13)23(25)26/h1-11H,12H2,(H,22,24)/b21-11+. The molecule has 0 fully saturated rings. The Morgan fingerprint density at radius 1 is 1.21 bits per heavy atom. The summed E-state index contributed by atoms with van der Waals surface area (Å²) in [6.45, 7) is -0.407. The van der Waals surface area contributed by atoms with Crippen molar-refractivity contribution in [3.63, 3.8) is 0 Å². The van der Waals surface area contributed by atoms with Crippen molar-refractivity contribution in [2.24, 2.45) is 5.10 Å². The van der Waals surface area contributed by atoms with Crippen molar-refractivity contribution in [2.75, 3.05) is 6.61 Å². The molecule has 1 aromatic heterocycles. The van der Waals surface area contributed by atoms with Crippen molar-refractivity contribution in [1.29, 1.82) is 0 Å². The molecule has 1 heterocycles. The van der Waals surface area contributed by atoms with Crippen LogP contribution in [0.3, 0.4) is 0 Å². The molecule has 0 unspecified atom stereocenters. The van der Waals surface area contributed by atoms with Gasteiger partial charge in [-0.2, -0.15) is 5.10 Å². The van der Waals surface area contributed by atoms with Crippen LogP contribution in [0.25, 0.3) is 11.3 Å². The summed E-state index contributed by atoms with van der Waals surface area (Å²) < 4.78 is 24.0. The lowest BCUT2D eigenvalue weighted by Gasteiger charge is -2.05. The molecule has 3 rings (SSSR count). The number of ether oxygens (including phenoxy) is 1. The Kier molecular flexibility index (Phi) is 5.75. The molecule has 2 aromatic carbocycles. The highest BCUT2D eigenvalue weighted by Crippen LogP contribution is 2.25. The van der Waals surface area contributed by atoms with Crippen LogP contribution in [0.4, 0.5) is 10.1 Å². The molecule has 0 saturated carbocycles. The smallest absolute Gasteiger partial charge is 0.277 e. The van der Waals surface area contributed by atoms with Crippen molar-refractivity contribution in [2.45, 2.75) is 0 Å². The van der Waals surface area contributed by atoms with E-state index in [4.69, 9.17) is 9.15 Å². The molecule has 28 heavy (non-hydrogen) atoms. The maximum atomic E-state index is 13.4. The molecule has 1 amide bonds. The van der Waals surface area contributed by atoms with Crippen LogP contribution in [0.5, 0.6) is 5.75 Å². The minimum atomic E-state index is -0.579. The highest BCUT2D eigenvalue weighted by Gasteiger charge is 2.10. The summed E-state index contributed by atoms with van der Waals surface area (Å²) in [5.41, 5.74) is 2.72. The minimum absolute atomic E-state index is 0.0331. The largest absolute Gasteiger partial charge is 0.481 e. The molecule has 0 spiro atoms. The van der Waals surface area contributed by atoms with E-state index in [-0.39, 0.29) is 11.4 Å². The van der Waals surface area contributed by atoms with Crippen molar-refractivity contribution in [3.8, 4) is 17.1 Å². The molecule has 0 aliphatic carbocycles. The molecule has 142 valence electrons. The molecule has 0 atom stereocenters. The van der Waals surface area contributed by atoms with E-state index in [1.54, 1.807) is 30.3 Å². The fraction of sp³-hybridized carbons (Fsp3) is 0.0526. The van der Waals surface area contributed by atoms with Gasteiger partial charge in [-0.05, 0) is 24.3 Å². The van der Waals surface area contributed by atoms with Crippen LogP contribution in [0.15, 0.2) is 70.2 Å². The van der Waals surface area contributed by atoms with Gasteiger partial charge in [0.15, 0.2) is 18.2 Å². The summed E-state index contributed by atoms with van der Waals surface area (Å²) in [7, 11) is 0. The number of nitro benzene ring substituents is 1. The highest BCUT2D eigenvalue weighted by molar-refractivity contribution is 5.81. The number of carbonyl (C=O) groups is 1. The van der Waals surface area contributed by atoms with E-state index in [0.717, 1.165) is 0 Å². The average Bonchev–Trinajstić information content (AvgIpc) is 3.16. The first kappa shape index (κ1) is 18.8. The van der Waals surface area contributed by atoms with Gasteiger partial charge in [0, 0.05) is 17.7 Å². The number of para-hydroxylation sites is 1. The molecule has 0 aliphatic rings. The molecule has 0 aliphatic heterocycles. The zero-order valence-electron chi connectivity index (χ0n) is 14.4. The predicted octanol–water partition coefficient (Wildman–Crippen LogP) is 3.52. The fourth-order valence-corrected chi connectivity index (χ4v) is 2.26. The highest BCUT2D eigenvalue weighted by atomic mass is 19.1. The van der Waals surface area contributed by atoms with Gasteiger partial charge < -0.3 is 9.15 Å². The number of hydrogen-bond acceptors (Lipinski definition) is 6. The molecule has 0 saturated heterocycles. The summed E-state index contributed by atoms with van der Waals surface area (Å²) in [6.07, 6.45) is 1.27. The summed E-state index contributed by atoms with van der Waals surface area (Å²) in [6, 6.07) is 15.0. The third kappa shape index (κ3) is 4.79. The van der Waals surface area contributed by atoms with E-state index in [1.807, 2.05) is 0 Å². The Hall–Kier alpha value is -4.01. The maximum Gasteiger partial charge on any atom is 0.277 e. The van der Waals surface area contributed by atoms with E-state index in [2.05, 4.69) is 10.5 Å². The van der Waals surface area contributed by atoms with Gasteiger partial charge in [-0.1, -0.05) is 24.3 Å². The number of nitrogens with one attached hydrogen (secondary N) is 1. The lowest BCUT2D eigenvalue weighted by molar-refractivity contribution is -0.384. The van der Waals surface area contributed by atoms with Crippen LogP contribution in [-0.2, 0) is 4.79 Å². The van der Waals surface area contributed by atoms with Gasteiger partial charge >= 0.3 is 0 Å². The summed E-state index contributed by atoms with van der Waals surface area (Å²) >= 11 is 0. The normalized spacial score (nSPS) is 10.8. The van der Waals surface area contributed by atoms with Gasteiger partial charge in [0.1, 0.15) is 11.5 Å². The van der Waals surface area contributed by atoms with Crippen LogP contribution < -0.4 is 10.2 Å². The Morgan fingerprint density at radius 3 is 2.82 bits per heavy atom. The number of furan rings is 1. The molecule has 9 heteroatoms. The first-order chi connectivity index (χ1) is 13.5. The molecule has 3 aromatic rings. The van der Waals surface area contributed by atoms with Gasteiger partial charge in [0.25, 0.3) is 11.6 Å². The molecule has 0 radical (unpaired) electrons. The fourth-order valence-electron chi connectivity index (χ4n) is 2.26. The topological polar surface area (TPSA) is 107 Å². The Labute approximate surface area is 158 Å². The second-order valence-corrected chi connectivity index (χ2v) is 5.52. The van der Waals surface area contributed by atoms with E-state index in [9.17, 15) is 19.3 Å². The number of benzene rings is 2. The number of non-ortho nitro benzene ring substituents is 1. The number of rotatable bonds is 7. The van der Waals surface area contributed by atoms with E-state index < -0.39 is 23.3 Å². The predicted molar refractivity (Wildman–Crippen MR) is 98.4 cm³/mol. The van der Waals surface area contributed by atoms with Crippen LogP contribution in [-0.4, -0.2) is 23.7 Å². The van der Waals surface area contributed by atoms with Crippen molar-refractivity contribution in [1.82, 2.24) is 5.43 Å². The zero-order valence-corrected chi connectivity index (χ0v) is 14.4. The number of carbonyl (C=O) groups excluding carboxylic acids is 1. The second-order valence-electron chi connectivity index (χ2n) is 5.52. The zero-order chi connectivity index (χ0) is 19.9. The molecule has 1 N–H and O–H groups in total. The number of hydrogen-bond donors (Lipinski definition) is 1. The third-order valence-electron chi connectivity index (χ3n) is 3.54. The quantitative estimate of drug-likeness (QED) is 0.382. The van der Waals surface area contributed by atoms with Gasteiger partial charge in [0.05, 0.1) is 11.1 Å². The molecule has 0 bridgehead atoms. The average molecular weight is 383 g/mol. The van der Waals surface area contributed by atoms with Crippen LogP contribution in [0.2, 0.25) is 0 Å². The first-order valence-corrected chi connectivity index (χ1v) is 8.07. The van der Waals surface area contributed by atoms with E-state index in [1.165, 1.54) is 36.5 Å². The number of amides is 1. The second kappa shape index (κ2) is 8.58. The molecule has 8 nitrogen and oxygen atoms in total. The number of halogens is 1. The van der Waals surface area contributed by atoms with Crippen molar-refractivity contribution >= 4 is 17.8 Å². The number of hydrazone groups is 1. The molecular weight excluding hydrogens is 369 g/mol. The molecular formula is C19H14FN3O5. The lowest BCUT2D eigenvalue weighted by Crippen LogP contribution is -2.24. The minimum Gasteiger partial charge on any atom is -0.481 e. The van der Waals surface area contributed by atoms with E-state index in [0.29, 0.717) is 17.1 Å². The summed E-state index contributed by atoms with van der Waals surface area (Å²) in [5.74, 6) is -0.432. The van der Waals surface area contributed by atoms with Gasteiger partial charge in [-0.3, -0.25) is 14.9 Å². The van der Waals surface area contributed by atoms with Gasteiger partial charge in [-0.15, -0.1) is 0 Å². The Balaban J connectivity index is 1.55. The summed E-state index contributed by atoms with van der Waals surface area (Å²) in [4.78, 5) is 22.0. The van der Waals surface area contributed by atoms with Crippen LogP contribution in [0, 0.1) is 15.9 Å². The number of nitro groups is 1. The first-order valence-electron chi connectivity index (χ1n) is 8.07. The summed E-state index contributed by atoms with van der Waals surface area (Å²) in [5, 5.41) is 14.6.